The van der Waals surface area contributed by atoms with Crippen LogP contribution in [0.25, 0.3) is 0 Å². The molecule has 1 aliphatic carbocycles. The van der Waals surface area contributed by atoms with E-state index < -0.39 is 12.0 Å². The van der Waals surface area contributed by atoms with E-state index in [1.807, 2.05) is 0 Å². The molecule has 2 fully saturated rings. The Morgan fingerprint density at radius 2 is 1.92 bits per heavy atom. The lowest BCUT2D eigenvalue weighted by Gasteiger charge is -2.19. The number of nitrogens with zero attached hydrogens (tertiary/aromatic N) is 1. The summed E-state index contributed by atoms with van der Waals surface area (Å²) in [5, 5.41) is 2.85. The third-order valence-corrected chi connectivity index (χ3v) is 5.62. The summed E-state index contributed by atoms with van der Waals surface area (Å²) in [6.07, 6.45) is 4.88. The zero-order valence-electron chi connectivity index (χ0n) is 23.5. The van der Waals surface area contributed by atoms with Crippen LogP contribution in [0.5, 0.6) is 11.5 Å². The Hall–Kier alpha value is -3.05. The number of nitrogens with one attached hydrogen (secondary N) is 1. The molecule has 2 unspecified atom stereocenters. The number of hydrogen-bond donors (Lipinski definition) is 1. The number of pyridine rings is 1. The average Bonchev–Trinajstić information content (AvgIpc) is 3.72. The van der Waals surface area contributed by atoms with Gasteiger partial charge in [0.25, 0.3) is 0 Å². The monoisotopic (exact) mass is 538 g/mol. The van der Waals surface area contributed by atoms with E-state index in [4.69, 9.17) is 23.7 Å². The summed E-state index contributed by atoms with van der Waals surface area (Å²) in [7, 11) is 3.10. The molecule has 1 aliphatic heterocycles. The van der Waals surface area contributed by atoms with Gasteiger partial charge in [-0.05, 0) is 32.7 Å². The maximum absolute atomic E-state index is 11.7. The summed E-state index contributed by atoms with van der Waals surface area (Å²) in [6, 6.07) is 1.03. The van der Waals surface area contributed by atoms with Crippen LogP contribution in [0.3, 0.4) is 0 Å². The van der Waals surface area contributed by atoms with Crippen molar-refractivity contribution < 1.29 is 42.9 Å². The Balaban J connectivity index is 0.000000334. The summed E-state index contributed by atoms with van der Waals surface area (Å²) in [5.74, 6) is 0.292. The van der Waals surface area contributed by atoms with E-state index in [2.05, 4.69) is 31.1 Å². The molecule has 1 saturated carbocycles. The van der Waals surface area contributed by atoms with Crippen LogP contribution >= 0.6 is 0 Å². The summed E-state index contributed by atoms with van der Waals surface area (Å²) in [5.41, 5.74) is 0.0413. The van der Waals surface area contributed by atoms with E-state index in [-0.39, 0.29) is 48.1 Å². The van der Waals surface area contributed by atoms with Gasteiger partial charge in [-0.2, -0.15) is 0 Å². The fourth-order valence-electron chi connectivity index (χ4n) is 2.95. The molecule has 0 radical (unpaired) electrons. The Labute approximate surface area is 224 Å². The zero-order valence-corrected chi connectivity index (χ0v) is 23.5. The van der Waals surface area contributed by atoms with Gasteiger partial charge < -0.3 is 29.0 Å². The van der Waals surface area contributed by atoms with Gasteiger partial charge in [0.15, 0.2) is 12.0 Å². The van der Waals surface area contributed by atoms with Crippen LogP contribution in [0.4, 0.5) is 0 Å². The van der Waals surface area contributed by atoms with E-state index in [0.29, 0.717) is 25.1 Å². The van der Waals surface area contributed by atoms with Crippen LogP contribution in [0.1, 0.15) is 70.8 Å². The zero-order chi connectivity index (χ0) is 28.7. The maximum atomic E-state index is 11.7. The van der Waals surface area contributed by atoms with Crippen molar-refractivity contribution in [1.29, 1.82) is 0 Å². The summed E-state index contributed by atoms with van der Waals surface area (Å²) < 4.78 is 25.9. The summed E-state index contributed by atoms with van der Waals surface area (Å²) in [6.45, 7) is 10.2. The van der Waals surface area contributed by atoms with Gasteiger partial charge in [-0.1, -0.05) is 27.2 Å². The molecule has 2 heterocycles. The number of carbonyl (C=O) groups is 4. The highest BCUT2D eigenvalue weighted by Crippen LogP contribution is 2.31. The van der Waals surface area contributed by atoms with Crippen molar-refractivity contribution in [2.24, 2.45) is 11.8 Å². The van der Waals surface area contributed by atoms with Gasteiger partial charge in [0.05, 0.1) is 26.2 Å². The number of rotatable bonds is 7. The smallest absolute Gasteiger partial charge is 0.325 e. The van der Waals surface area contributed by atoms with Crippen LogP contribution in [0.15, 0.2) is 12.3 Å². The number of aldehydes is 1. The van der Waals surface area contributed by atoms with Gasteiger partial charge in [-0.15, -0.1) is 0 Å². The highest BCUT2D eigenvalue weighted by Gasteiger charge is 2.34. The maximum Gasteiger partial charge on any atom is 0.325 e. The minimum atomic E-state index is -0.528. The van der Waals surface area contributed by atoms with Crippen molar-refractivity contribution in [3.8, 4) is 11.5 Å². The standard InChI is InChI=1S/C13H21NO5.C9H9NO4.C5H12/c1-8-5-10(19-12(15)9-3-4-9)6-17-7-11(14-2)13(16)18-8;1-6(12)14-9-7(5-11)10-4-3-8(9)13-2;1-4-5(2)3/h8-11,14H,3-7H2,1-2H3;3-5H,1-2H3;5H,4H2,1-3H3/t8?,10?,11-;;/m0../s1. The molecular formula is C27H42N2O9. The number of aromatic nitrogens is 1. The number of likely N-dealkylation sites (N-methyl/N-ethyl adjacent to an activating group) is 1. The van der Waals surface area contributed by atoms with Gasteiger partial charge in [-0.25, -0.2) is 4.98 Å². The first kappa shape index (κ1) is 33.0. The number of cyclic esters (lactones) is 1. The Morgan fingerprint density at radius 1 is 1.26 bits per heavy atom. The fraction of sp³-hybridized carbons (Fsp3) is 0.667. The van der Waals surface area contributed by atoms with Gasteiger partial charge in [-0.3, -0.25) is 19.2 Å². The molecule has 0 bridgehead atoms. The second-order valence-electron chi connectivity index (χ2n) is 9.44. The third-order valence-electron chi connectivity index (χ3n) is 5.62. The molecule has 0 aromatic carbocycles. The Kier molecular flexibility index (Phi) is 15.2. The van der Waals surface area contributed by atoms with Gasteiger partial charge in [0.1, 0.15) is 23.9 Å². The van der Waals surface area contributed by atoms with Gasteiger partial charge >= 0.3 is 17.9 Å². The van der Waals surface area contributed by atoms with Crippen LogP contribution in [-0.4, -0.2) is 74.8 Å². The Morgan fingerprint density at radius 3 is 2.42 bits per heavy atom. The van der Waals surface area contributed by atoms with E-state index in [0.717, 1.165) is 18.8 Å². The lowest BCUT2D eigenvalue weighted by molar-refractivity contribution is -0.156. The second-order valence-corrected chi connectivity index (χ2v) is 9.44. The molecule has 1 aromatic rings. The van der Waals surface area contributed by atoms with Crippen LogP contribution in [0, 0.1) is 11.8 Å². The molecule has 214 valence electrons. The third kappa shape index (κ3) is 12.5. The minimum absolute atomic E-state index is 0.0413. The topological polar surface area (TPSA) is 139 Å². The molecule has 0 amide bonds. The van der Waals surface area contributed by atoms with Crippen molar-refractivity contribution in [2.45, 2.75) is 78.6 Å². The molecule has 11 heteroatoms. The number of esters is 3. The predicted octanol–water partition coefficient (Wildman–Crippen LogP) is 3.13. The lowest BCUT2D eigenvalue weighted by atomic mass is 10.2. The molecule has 1 saturated heterocycles. The van der Waals surface area contributed by atoms with Crippen molar-refractivity contribution in [1.82, 2.24) is 10.3 Å². The number of carbonyl (C=O) groups excluding carboxylic acids is 4. The SMILES string of the molecule is CCC(C)C.CN[C@H]1COCC(OC(=O)C2CC2)CC(C)OC1=O.COc1ccnc(C=O)c1OC(C)=O. The van der Waals surface area contributed by atoms with Gasteiger partial charge in [0, 0.05) is 25.6 Å². The lowest BCUT2D eigenvalue weighted by Crippen LogP contribution is -2.40. The van der Waals surface area contributed by atoms with Crippen molar-refractivity contribution in [3.63, 3.8) is 0 Å². The molecule has 38 heavy (non-hydrogen) atoms. The highest BCUT2D eigenvalue weighted by atomic mass is 16.6. The molecule has 3 atom stereocenters. The second kappa shape index (κ2) is 17.5. The number of hydrogen-bond acceptors (Lipinski definition) is 11. The molecule has 1 N–H and O–H groups in total. The normalized spacial score (nSPS) is 21.1. The van der Waals surface area contributed by atoms with Crippen LogP contribution in [0.2, 0.25) is 0 Å². The molecular weight excluding hydrogens is 496 g/mol. The van der Waals surface area contributed by atoms with Crippen LogP contribution in [-0.2, 0) is 28.6 Å². The molecule has 1 aromatic heterocycles. The highest BCUT2D eigenvalue weighted by molar-refractivity contribution is 5.81. The quantitative estimate of drug-likeness (QED) is 0.404. The molecule has 0 spiro atoms. The van der Waals surface area contributed by atoms with Crippen molar-refractivity contribution >= 4 is 24.2 Å². The number of methoxy groups -OCH3 is 1. The molecule has 2 aliphatic rings. The van der Waals surface area contributed by atoms with Crippen molar-refractivity contribution in [3.05, 3.63) is 18.0 Å². The fourth-order valence-corrected chi connectivity index (χ4v) is 2.95. The minimum Gasteiger partial charge on any atom is -0.493 e. The Bertz CT molecular complexity index is 903. The van der Waals surface area contributed by atoms with Crippen molar-refractivity contribution in [2.75, 3.05) is 27.4 Å². The predicted molar refractivity (Wildman–Crippen MR) is 139 cm³/mol. The number of ether oxygens (including phenoxy) is 5. The van der Waals surface area contributed by atoms with E-state index in [1.54, 1.807) is 14.0 Å². The van der Waals surface area contributed by atoms with E-state index in [9.17, 15) is 19.2 Å². The first-order chi connectivity index (χ1) is 18.1. The van der Waals surface area contributed by atoms with Gasteiger partial charge in [0.2, 0.25) is 5.75 Å². The van der Waals surface area contributed by atoms with E-state index >= 15 is 0 Å². The largest absolute Gasteiger partial charge is 0.493 e. The molecule has 3 rings (SSSR count). The summed E-state index contributed by atoms with van der Waals surface area (Å²) in [4.78, 5) is 48.4. The molecule has 11 nitrogen and oxygen atoms in total. The summed E-state index contributed by atoms with van der Waals surface area (Å²) >= 11 is 0. The van der Waals surface area contributed by atoms with E-state index in [1.165, 1.54) is 32.7 Å². The first-order valence-corrected chi connectivity index (χ1v) is 12.9. The first-order valence-electron chi connectivity index (χ1n) is 12.9. The average molecular weight is 539 g/mol. The van der Waals surface area contributed by atoms with Crippen LogP contribution < -0.4 is 14.8 Å².